The lowest BCUT2D eigenvalue weighted by atomic mass is 9.99. The van der Waals surface area contributed by atoms with E-state index in [4.69, 9.17) is 0 Å². The van der Waals surface area contributed by atoms with E-state index in [0.29, 0.717) is 17.7 Å². The van der Waals surface area contributed by atoms with E-state index >= 15 is 0 Å². The van der Waals surface area contributed by atoms with Crippen molar-refractivity contribution in [2.45, 2.75) is 6.92 Å². The average Bonchev–Trinajstić information content (AvgIpc) is 2.37. The number of carbonyl (C=O) groups is 2. The molecule has 2 aromatic carbocycles. The summed E-state index contributed by atoms with van der Waals surface area (Å²) < 4.78 is 0. The first-order valence-corrected chi connectivity index (χ1v) is 5.53. The minimum atomic E-state index is -0.202. The van der Waals surface area contributed by atoms with Crippen LogP contribution in [-0.2, 0) is 0 Å². The fourth-order valence-corrected chi connectivity index (χ4v) is 1.89. The van der Waals surface area contributed by atoms with Gasteiger partial charge in [-0.15, -0.1) is 0 Å². The van der Waals surface area contributed by atoms with Crippen molar-refractivity contribution in [2.24, 2.45) is 0 Å². The molecule has 0 aliphatic rings. The first-order chi connectivity index (χ1) is 8.27. The van der Waals surface area contributed by atoms with Crippen LogP contribution < -0.4 is 5.32 Å². The third-order valence-corrected chi connectivity index (χ3v) is 2.65. The van der Waals surface area contributed by atoms with Gasteiger partial charge in [-0.25, -0.2) is 0 Å². The van der Waals surface area contributed by atoms with E-state index in [0.717, 1.165) is 17.1 Å². The standard InChI is InChI=1S/C14H13NO2/c1-2-15-14(17)13-11(9-16)8-7-10-5-3-4-6-12(10)13/h3-9H,2H2,1H3,(H,15,17). The van der Waals surface area contributed by atoms with Crippen LogP contribution in [0.15, 0.2) is 36.4 Å². The molecule has 0 heterocycles. The summed E-state index contributed by atoms with van der Waals surface area (Å²) in [6.45, 7) is 2.39. The molecule has 2 rings (SSSR count). The maximum absolute atomic E-state index is 12.0. The summed E-state index contributed by atoms with van der Waals surface area (Å²) in [5.41, 5.74) is 0.884. The number of aldehydes is 1. The number of rotatable bonds is 3. The maximum atomic E-state index is 12.0. The van der Waals surface area contributed by atoms with Crippen LogP contribution >= 0.6 is 0 Å². The number of hydrogen-bond acceptors (Lipinski definition) is 2. The Bertz CT molecular complexity index is 575. The molecule has 86 valence electrons. The van der Waals surface area contributed by atoms with Gasteiger partial charge in [0, 0.05) is 12.1 Å². The molecule has 0 fully saturated rings. The fourth-order valence-electron chi connectivity index (χ4n) is 1.89. The molecule has 0 spiro atoms. The number of hydrogen-bond donors (Lipinski definition) is 1. The largest absolute Gasteiger partial charge is 0.352 e. The summed E-state index contributed by atoms with van der Waals surface area (Å²) in [4.78, 5) is 23.0. The average molecular weight is 227 g/mol. The van der Waals surface area contributed by atoms with Gasteiger partial charge in [-0.2, -0.15) is 0 Å². The Morgan fingerprint density at radius 1 is 1.24 bits per heavy atom. The second-order valence-electron chi connectivity index (χ2n) is 3.73. The molecule has 0 saturated heterocycles. The number of amides is 1. The SMILES string of the molecule is CCNC(=O)c1c(C=O)ccc2ccccc12. The van der Waals surface area contributed by atoms with Gasteiger partial charge in [-0.3, -0.25) is 9.59 Å². The van der Waals surface area contributed by atoms with Gasteiger partial charge in [0.15, 0.2) is 6.29 Å². The van der Waals surface area contributed by atoms with Crippen molar-refractivity contribution in [3.05, 3.63) is 47.5 Å². The molecule has 1 N–H and O–H groups in total. The number of fused-ring (bicyclic) bond motifs is 1. The summed E-state index contributed by atoms with van der Waals surface area (Å²) in [5.74, 6) is -0.202. The minimum absolute atomic E-state index is 0.202. The predicted molar refractivity (Wildman–Crippen MR) is 67.3 cm³/mol. The lowest BCUT2D eigenvalue weighted by molar-refractivity contribution is 0.0952. The molecule has 0 aliphatic carbocycles. The van der Waals surface area contributed by atoms with Gasteiger partial charge < -0.3 is 5.32 Å². The van der Waals surface area contributed by atoms with Crippen molar-refractivity contribution in [3.8, 4) is 0 Å². The van der Waals surface area contributed by atoms with Gasteiger partial charge in [0.05, 0.1) is 5.56 Å². The molecular formula is C14H13NO2. The van der Waals surface area contributed by atoms with E-state index in [1.165, 1.54) is 0 Å². The third kappa shape index (κ3) is 2.04. The smallest absolute Gasteiger partial charge is 0.252 e. The molecular weight excluding hydrogens is 214 g/mol. The monoisotopic (exact) mass is 227 g/mol. The normalized spacial score (nSPS) is 10.2. The fraction of sp³-hybridized carbons (Fsp3) is 0.143. The first-order valence-electron chi connectivity index (χ1n) is 5.53. The Hall–Kier alpha value is -2.16. The van der Waals surface area contributed by atoms with Crippen LogP contribution in [0.25, 0.3) is 10.8 Å². The van der Waals surface area contributed by atoms with Gasteiger partial charge in [0.25, 0.3) is 5.91 Å². The number of nitrogens with one attached hydrogen (secondary N) is 1. The highest BCUT2D eigenvalue weighted by atomic mass is 16.1. The van der Waals surface area contributed by atoms with E-state index < -0.39 is 0 Å². The van der Waals surface area contributed by atoms with Crippen molar-refractivity contribution in [3.63, 3.8) is 0 Å². The van der Waals surface area contributed by atoms with Crippen LogP contribution in [0.5, 0.6) is 0 Å². The van der Waals surface area contributed by atoms with E-state index in [-0.39, 0.29) is 5.91 Å². The Kier molecular flexibility index (Phi) is 3.19. The summed E-state index contributed by atoms with van der Waals surface area (Å²) in [7, 11) is 0. The molecule has 0 saturated carbocycles. The molecule has 17 heavy (non-hydrogen) atoms. The van der Waals surface area contributed by atoms with Gasteiger partial charge in [-0.1, -0.05) is 36.4 Å². The van der Waals surface area contributed by atoms with Crippen molar-refractivity contribution >= 4 is 23.0 Å². The molecule has 3 nitrogen and oxygen atoms in total. The van der Waals surface area contributed by atoms with Crippen molar-refractivity contribution < 1.29 is 9.59 Å². The van der Waals surface area contributed by atoms with Gasteiger partial charge in [0.1, 0.15) is 0 Å². The first kappa shape index (κ1) is 11.3. The zero-order valence-corrected chi connectivity index (χ0v) is 9.57. The molecule has 0 bridgehead atoms. The Labute approximate surface area is 99.4 Å². The molecule has 0 unspecified atom stereocenters. The zero-order valence-electron chi connectivity index (χ0n) is 9.57. The van der Waals surface area contributed by atoms with Crippen molar-refractivity contribution in [1.29, 1.82) is 0 Å². The summed E-state index contributed by atoms with van der Waals surface area (Å²) in [5, 5.41) is 4.50. The predicted octanol–water partition coefficient (Wildman–Crippen LogP) is 2.40. The molecule has 1 amide bonds. The highest BCUT2D eigenvalue weighted by Crippen LogP contribution is 2.21. The zero-order chi connectivity index (χ0) is 12.3. The Balaban J connectivity index is 2.71. The molecule has 0 aliphatic heterocycles. The van der Waals surface area contributed by atoms with Gasteiger partial charge in [0.2, 0.25) is 0 Å². The Morgan fingerprint density at radius 3 is 2.71 bits per heavy atom. The second-order valence-corrected chi connectivity index (χ2v) is 3.73. The van der Waals surface area contributed by atoms with Crippen LogP contribution in [-0.4, -0.2) is 18.7 Å². The van der Waals surface area contributed by atoms with Gasteiger partial charge >= 0.3 is 0 Å². The summed E-state index contributed by atoms with van der Waals surface area (Å²) in [6.07, 6.45) is 0.719. The number of carbonyl (C=O) groups excluding carboxylic acids is 2. The van der Waals surface area contributed by atoms with Crippen LogP contribution in [0.3, 0.4) is 0 Å². The van der Waals surface area contributed by atoms with E-state index in [1.54, 1.807) is 6.07 Å². The lowest BCUT2D eigenvalue weighted by Crippen LogP contribution is -2.24. The van der Waals surface area contributed by atoms with Crippen molar-refractivity contribution in [2.75, 3.05) is 6.54 Å². The Morgan fingerprint density at radius 2 is 2.00 bits per heavy atom. The van der Waals surface area contributed by atoms with Crippen LogP contribution in [0.2, 0.25) is 0 Å². The van der Waals surface area contributed by atoms with Gasteiger partial charge in [-0.05, 0) is 17.7 Å². The third-order valence-electron chi connectivity index (χ3n) is 2.65. The van der Waals surface area contributed by atoms with Crippen molar-refractivity contribution in [1.82, 2.24) is 5.32 Å². The van der Waals surface area contributed by atoms with Crippen LogP contribution in [0.4, 0.5) is 0 Å². The number of benzene rings is 2. The molecule has 3 heteroatoms. The molecule has 0 radical (unpaired) electrons. The van der Waals surface area contributed by atoms with Crippen LogP contribution in [0.1, 0.15) is 27.6 Å². The summed E-state index contributed by atoms with van der Waals surface area (Å²) >= 11 is 0. The topological polar surface area (TPSA) is 46.2 Å². The molecule has 0 atom stereocenters. The van der Waals surface area contributed by atoms with E-state index in [9.17, 15) is 9.59 Å². The second kappa shape index (κ2) is 4.78. The maximum Gasteiger partial charge on any atom is 0.252 e. The minimum Gasteiger partial charge on any atom is -0.352 e. The lowest BCUT2D eigenvalue weighted by Gasteiger charge is -2.09. The highest BCUT2D eigenvalue weighted by molar-refractivity contribution is 6.12. The molecule has 0 aromatic heterocycles. The van der Waals surface area contributed by atoms with Crippen LogP contribution in [0, 0.1) is 0 Å². The quantitative estimate of drug-likeness (QED) is 0.818. The summed E-state index contributed by atoms with van der Waals surface area (Å²) in [6, 6.07) is 11.1. The highest BCUT2D eigenvalue weighted by Gasteiger charge is 2.13. The van der Waals surface area contributed by atoms with E-state index in [2.05, 4.69) is 5.32 Å². The molecule has 2 aromatic rings. The van der Waals surface area contributed by atoms with E-state index in [1.807, 2.05) is 37.3 Å².